The van der Waals surface area contributed by atoms with Crippen LogP contribution in [0.15, 0.2) is 10.9 Å². The Kier molecular flexibility index (Phi) is 2.79. The molecule has 1 aromatic heterocycles. The molecule has 0 unspecified atom stereocenters. The molecule has 0 saturated carbocycles. The highest BCUT2D eigenvalue weighted by molar-refractivity contribution is 5.17. The molecule has 1 aromatic rings. The fraction of sp³-hybridized carbons (Fsp3) is 0.636. The molecule has 14 heavy (non-hydrogen) atoms. The van der Waals surface area contributed by atoms with Crippen LogP contribution in [0.5, 0.6) is 0 Å². The van der Waals surface area contributed by atoms with E-state index >= 15 is 0 Å². The maximum Gasteiger partial charge on any atom is 0.345 e. The molecule has 0 aliphatic carbocycles. The van der Waals surface area contributed by atoms with Crippen LogP contribution in [-0.4, -0.2) is 9.97 Å². The summed E-state index contributed by atoms with van der Waals surface area (Å²) in [5.74, 6) is 0.326. The van der Waals surface area contributed by atoms with Crippen molar-refractivity contribution in [3.63, 3.8) is 0 Å². The molecular formula is C11H18N2O. The van der Waals surface area contributed by atoms with Gasteiger partial charge in [-0.25, -0.2) is 4.79 Å². The van der Waals surface area contributed by atoms with Gasteiger partial charge < -0.3 is 4.98 Å². The Balaban J connectivity index is 3.28. The zero-order valence-corrected chi connectivity index (χ0v) is 9.51. The first kappa shape index (κ1) is 11.0. The van der Waals surface area contributed by atoms with Gasteiger partial charge in [-0.3, -0.25) is 0 Å². The third-order valence-corrected chi connectivity index (χ3v) is 2.16. The number of rotatable bonds is 1. The number of hydrogen-bond donors (Lipinski definition) is 1. The molecule has 1 heterocycles. The number of aromatic nitrogens is 2. The Morgan fingerprint density at radius 1 is 1.36 bits per heavy atom. The van der Waals surface area contributed by atoms with Crippen LogP contribution in [0, 0.1) is 0 Å². The van der Waals surface area contributed by atoms with Gasteiger partial charge in [0.25, 0.3) is 0 Å². The van der Waals surface area contributed by atoms with Gasteiger partial charge in [0.2, 0.25) is 0 Å². The summed E-state index contributed by atoms with van der Waals surface area (Å²) in [6.45, 7) is 10.3. The van der Waals surface area contributed by atoms with E-state index in [1.807, 2.05) is 6.07 Å². The molecular weight excluding hydrogens is 176 g/mol. The van der Waals surface area contributed by atoms with Gasteiger partial charge >= 0.3 is 5.69 Å². The molecule has 0 atom stereocenters. The van der Waals surface area contributed by atoms with Crippen LogP contribution in [-0.2, 0) is 5.41 Å². The van der Waals surface area contributed by atoms with Crippen molar-refractivity contribution in [2.24, 2.45) is 0 Å². The Bertz CT molecular complexity index is 372. The van der Waals surface area contributed by atoms with Crippen LogP contribution < -0.4 is 5.69 Å². The largest absolute Gasteiger partial charge is 0.345 e. The van der Waals surface area contributed by atoms with Gasteiger partial charge in [-0.2, -0.15) is 4.98 Å². The fourth-order valence-corrected chi connectivity index (χ4v) is 1.17. The summed E-state index contributed by atoms with van der Waals surface area (Å²) in [5, 5.41) is 0. The summed E-state index contributed by atoms with van der Waals surface area (Å²) in [7, 11) is 0. The number of nitrogens with one attached hydrogen (secondary N) is 1. The van der Waals surface area contributed by atoms with Crippen molar-refractivity contribution in [2.75, 3.05) is 0 Å². The second-order valence-corrected chi connectivity index (χ2v) is 4.93. The number of H-pyrrole nitrogens is 1. The lowest BCUT2D eigenvalue weighted by molar-refractivity contribution is 0.559. The molecule has 3 heteroatoms. The molecule has 0 saturated heterocycles. The Hall–Kier alpha value is -1.12. The highest BCUT2D eigenvalue weighted by Crippen LogP contribution is 2.21. The van der Waals surface area contributed by atoms with Gasteiger partial charge in [-0.05, 0) is 12.0 Å². The van der Waals surface area contributed by atoms with E-state index in [4.69, 9.17) is 0 Å². The zero-order chi connectivity index (χ0) is 10.9. The van der Waals surface area contributed by atoms with Gasteiger partial charge in [0, 0.05) is 11.1 Å². The van der Waals surface area contributed by atoms with Crippen molar-refractivity contribution < 1.29 is 0 Å². The van der Waals surface area contributed by atoms with E-state index in [9.17, 15) is 4.79 Å². The fourth-order valence-electron chi connectivity index (χ4n) is 1.17. The molecule has 0 radical (unpaired) electrons. The first-order valence-corrected chi connectivity index (χ1v) is 4.92. The van der Waals surface area contributed by atoms with Crippen LogP contribution >= 0.6 is 0 Å². The smallest absolute Gasteiger partial charge is 0.310 e. The maximum atomic E-state index is 11.3. The maximum absolute atomic E-state index is 11.3. The first-order chi connectivity index (χ1) is 6.30. The number of nitrogens with zero attached hydrogens (tertiary/aromatic N) is 1. The summed E-state index contributed by atoms with van der Waals surface area (Å²) >= 11 is 0. The predicted molar refractivity (Wildman–Crippen MR) is 57.6 cm³/mol. The monoisotopic (exact) mass is 194 g/mol. The molecule has 0 aliphatic rings. The lowest BCUT2D eigenvalue weighted by Gasteiger charge is -2.18. The van der Waals surface area contributed by atoms with Crippen molar-refractivity contribution in [1.82, 2.24) is 9.97 Å². The average molecular weight is 194 g/mol. The van der Waals surface area contributed by atoms with Crippen LogP contribution in [0.25, 0.3) is 0 Å². The molecule has 0 aliphatic heterocycles. The van der Waals surface area contributed by atoms with Gasteiger partial charge in [-0.1, -0.05) is 34.6 Å². The summed E-state index contributed by atoms with van der Waals surface area (Å²) < 4.78 is 0. The molecule has 3 nitrogen and oxygen atoms in total. The SMILES string of the molecule is CC(C)c1cc(C(C)(C)C)nc(=O)[nH]1. The van der Waals surface area contributed by atoms with Crippen molar-refractivity contribution >= 4 is 0 Å². The summed E-state index contributed by atoms with van der Waals surface area (Å²) in [5.41, 5.74) is 1.48. The normalized spacial score (nSPS) is 12.1. The Morgan fingerprint density at radius 2 is 1.93 bits per heavy atom. The van der Waals surface area contributed by atoms with E-state index in [1.54, 1.807) is 0 Å². The molecule has 0 amide bonds. The molecule has 78 valence electrons. The van der Waals surface area contributed by atoms with E-state index in [2.05, 4.69) is 44.6 Å². The quantitative estimate of drug-likeness (QED) is 0.744. The van der Waals surface area contributed by atoms with Gasteiger partial charge in [0.1, 0.15) is 0 Å². The molecule has 0 aromatic carbocycles. The third kappa shape index (κ3) is 2.44. The van der Waals surface area contributed by atoms with E-state index in [1.165, 1.54) is 0 Å². The lowest BCUT2D eigenvalue weighted by atomic mass is 9.91. The summed E-state index contributed by atoms with van der Waals surface area (Å²) in [4.78, 5) is 18.0. The van der Waals surface area contributed by atoms with Gasteiger partial charge in [-0.15, -0.1) is 0 Å². The third-order valence-electron chi connectivity index (χ3n) is 2.16. The highest BCUT2D eigenvalue weighted by atomic mass is 16.1. The molecule has 0 bridgehead atoms. The Morgan fingerprint density at radius 3 is 2.36 bits per heavy atom. The van der Waals surface area contributed by atoms with E-state index < -0.39 is 0 Å². The van der Waals surface area contributed by atoms with Crippen molar-refractivity contribution in [2.45, 2.75) is 46.0 Å². The zero-order valence-electron chi connectivity index (χ0n) is 9.51. The second-order valence-electron chi connectivity index (χ2n) is 4.93. The van der Waals surface area contributed by atoms with Crippen molar-refractivity contribution in [3.8, 4) is 0 Å². The van der Waals surface area contributed by atoms with E-state index in [0.29, 0.717) is 5.92 Å². The van der Waals surface area contributed by atoms with Gasteiger partial charge in [0.15, 0.2) is 0 Å². The highest BCUT2D eigenvalue weighted by Gasteiger charge is 2.17. The Labute approximate surface area is 84.6 Å². The molecule has 0 fully saturated rings. The van der Waals surface area contributed by atoms with Gasteiger partial charge in [0.05, 0.1) is 5.69 Å². The average Bonchev–Trinajstić information content (AvgIpc) is 2.01. The minimum Gasteiger partial charge on any atom is -0.310 e. The second kappa shape index (κ2) is 3.56. The predicted octanol–water partition coefficient (Wildman–Crippen LogP) is 2.19. The van der Waals surface area contributed by atoms with Crippen LogP contribution in [0.3, 0.4) is 0 Å². The molecule has 0 spiro atoms. The molecule has 1 N–H and O–H groups in total. The number of aromatic amines is 1. The standard InChI is InChI=1S/C11H18N2O/c1-7(2)8-6-9(11(3,4)5)13-10(14)12-8/h6-7H,1-5H3,(H,12,13,14). The van der Waals surface area contributed by atoms with Crippen LogP contribution in [0.4, 0.5) is 0 Å². The van der Waals surface area contributed by atoms with Crippen molar-refractivity contribution in [3.05, 3.63) is 27.9 Å². The van der Waals surface area contributed by atoms with Crippen molar-refractivity contribution in [1.29, 1.82) is 0 Å². The minimum atomic E-state index is -0.249. The number of hydrogen-bond acceptors (Lipinski definition) is 2. The van der Waals surface area contributed by atoms with E-state index in [0.717, 1.165) is 11.4 Å². The summed E-state index contributed by atoms with van der Waals surface area (Å²) in [6.07, 6.45) is 0. The topological polar surface area (TPSA) is 45.8 Å². The lowest BCUT2D eigenvalue weighted by Crippen LogP contribution is -2.23. The van der Waals surface area contributed by atoms with Crippen LogP contribution in [0.2, 0.25) is 0 Å². The van der Waals surface area contributed by atoms with E-state index in [-0.39, 0.29) is 11.1 Å². The first-order valence-electron chi connectivity index (χ1n) is 4.92. The minimum absolute atomic E-state index is 0.0715. The molecule has 1 rings (SSSR count). The van der Waals surface area contributed by atoms with Crippen LogP contribution in [0.1, 0.15) is 51.9 Å². The summed E-state index contributed by atoms with van der Waals surface area (Å²) in [6, 6.07) is 1.98.